The fraction of sp³-hybridized carbons (Fsp3) is 0.438. The first kappa shape index (κ1) is 19.5. The third-order valence-corrected chi connectivity index (χ3v) is 3.94. The summed E-state index contributed by atoms with van der Waals surface area (Å²) in [6, 6.07) is 4.55. The van der Waals surface area contributed by atoms with Crippen LogP contribution in [0.2, 0.25) is 0 Å². The Hall–Kier alpha value is -2.78. The Morgan fingerprint density at radius 3 is 2.46 bits per heavy atom. The van der Waals surface area contributed by atoms with Crippen LogP contribution in [0.1, 0.15) is 18.0 Å². The van der Waals surface area contributed by atoms with Crippen LogP contribution in [0.5, 0.6) is 5.75 Å². The molecule has 1 fully saturated rings. The van der Waals surface area contributed by atoms with E-state index in [1.807, 2.05) is 0 Å². The van der Waals surface area contributed by atoms with Crippen LogP contribution in [0, 0.1) is 5.92 Å². The van der Waals surface area contributed by atoms with Gasteiger partial charge >= 0.3 is 12.1 Å². The molecule has 1 heterocycles. The number of carboxylic acid groups (broad SMARTS) is 1. The van der Waals surface area contributed by atoms with Gasteiger partial charge in [-0.1, -0.05) is 12.1 Å². The summed E-state index contributed by atoms with van der Waals surface area (Å²) in [4.78, 5) is 35.9. The zero-order valence-corrected chi connectivity index (χ0v) is 13.7. The van der Waals surface area contributed by atoms with E-state index in [0.717, 1.165) is 0 Å². The molecule has 1 aliphatic rings. The van der Waals surface area contributed by atoms with E-state index in [2.05, 4.69) is 5.32 Å². The zero-order valence-electron chi connectivity index (χ0n) is 13.7. The Balaban J connectivity index is 2.06. The molecule has 2 amide bonds. The number of hydrogen-bond acceptors (Lipinski definition) is 4. The van der Waals surface area contributed by atoms with Gasteiger partial charge in [-0.05, 0) is 17.7 Å². The minimum Gasteiger partial charge on any atom is -0.497 e. The highest BCUT2D eigenvalue weighted by Crippen LogP contribution is 2.25. The minimum absolute atomic E-state index is 0.267. The van der Waals surface area contributed by atoms with Crippen molar-refractivity contribution in [2.75, 3.05) is 20.2 Å². The monoisotopic (exact) mass is 374 g/mol. The van der Waals surface area contributed by atoms with E-state index in [4.69, 9.17) is 4.74 Å². The van der Waals surface area contributed by atoms with Gasteiger partial charge in [0.25, 0.3) is 0 Å². The smallest absolute Gasteiger partial charge is 0.406 e. The highest BCUT2D eigenvalue weighted by molar-refractivity contribution is 5.91. The maximum atomic E-state index is 12.4. The van der Waals surface area contributed by atoms with Crippen molar-refractivity contribution in [1.82, 2.24) is 10.2 Å². The minimum atomic E-state index is -4.56. The number of alkyl halides is 3. The SMILES string of the molecule is COc1ccc(C(NC(=O)C2CC(=O)N(CC(F)(F)F)C2)C(=O)O)cc1. The Bertz CT molecular complexity index is 690. The van der Waals surface area contributed by atoms with Crippen LogP contribution in [0.3, 0.4) is 0 Å². The average molecular weight is 374 g/mol. The number of nitrogens with one attached hydrogen (secondary N) is 1. The molecule has 0 aromatic heterocycles. The third kappa shape index (κ3) is 4.87. The molecule has 0 aliphatic carbocycles. The van der Waals surface area contributed by atoms with Crippen LogP contribution in [0.4, 0.5) is 13.2 Å². The lowest BCUT2D eigenvalue weighted by Gasteiger charge is -2.20. The number of carbonyl (C=O) groups excluding carboxylic acids is 2. The van der Waals surface area contributed by atoms with Crippen molar-refractivity contribution in [3.05, 3.63) is 29.8 Å². The molecule has 1 aromatic carbocycles. The largest absolute Gasteiger partial charge is 0.497 e. The average Bonchev–Trinajstić information content (AvgIpc) is 2.91. The summed E-state index contributed by atoms with van der Waals surface area (Å²) in [5, 5.41) is 11.6. The van der Waals surface area contributed by atoms with Crippen LogP contribution in [0.15, 0.2) is 24.3 Å². The molecule has 2 unspecified atom stereocenters. The van der Waals surface area contributed by atoms with E-state index in [1.165, 1.54) is 31.4 Å². The molecule has 1 aliphatic heterocycles. The van der Waals surface area contributed by atoms with E-state index in [9.17, 15) is 32.7 Å². The van der Waals surface area contributed by atoms with Crippen molar-refractivity contribution < 1.29 is 37.4 Å². The van der Waals surface area contributed by atoms with Gasteiger partial charge < -0.3 is 20.1 Å². The number of aliphatic carboxylic acids is 1. The molecule has 26 heavy (non-hydrogen) atoms. The maximum Gasteiger partial charge on any atom is 0.406 e. The predicted octanol–water partition coefficient (Wildman–Crippen LogP) is 1.35. The first-order chi connectivity index (χ1) is 12.1. The molecule has 2 N–H and O–H groups in total. The van der Waals surface area contributed by atoms with Crippen molar-refractivity contribution in [1.29, 1.82) is 0 Å². The van der Waals surface area contributed by atoms with Gasteiger partial charge in [-0.15, -0.1) is 0 Å². The number of methoxy groups -OCH3 is 1. The highest BCUT2D eigenvalue weighted by Gasteiger charge is 2.41. The molecule has 0 spiro atoms. The molecule has 2 rings (SSSR count). The Morgan fingerprint density at radius 1 is 1.35 bits per heavy atom. The second kappa shape index (κ2) is 7.63. The molecule has 10 heteroatoms. The second-order valence-electron chi connectivity index (χ2n) is 5.84. The summed E-state index contributed by atoms with van der Waals surface area (Å²) in [6.07, 6.45) is -4.95. The van der Waals surface area contributed by atoms with E-state index in [0.29, 0.717) is 10.6 Å². The van der Waals surface area contributed by atoms with Gasteiger partial charge in [0.15, 0.2) is 6.04 Å². The summed E-state index contributed by atoms with van der Waals surface area (Å²) in [5.41, 5.74) is 0.267. The number of nitrogens with zero attached hydrogens (tertiary/aromatic N) is 1. The summed E-state index contributed by atoms with van der Waals surface area (Å²) >= 11 is 0. The molecule has 0 saturated carbocycles. The predicted molar refractivity (Wildman–Crippen MR) is 82.3 cm³/mol. The van der Waals surface area contributed by atoms with Crippen molar-refractivity contribution in [3.63, 3.8) is 0 Å². The molecule has 0 bridgehead atoms. The molecule has 1 saturated heterocycles. The van der Waals surface area contributed by atoms with Crippen molar-refractivity contribution in [3.8, 4) is 5.75 Å². The van der Waals surface area contributed by atoms with Gasteiger partial charge in [-0.3, -0.25) is 9.59 Å². The van der Waals surface area contributed by atoms with Gasteiger partial charge in [0, 0.05) is 13.0 Å². The first-order valence-corrected chi connectivity index (χ1v) is 7.62. The fourth-order valence-corrected chi connectivity index (χ4v) is 2.66. The third-order valence-electron chi connectivity index (χ3n) is 3.94. The molecule has 142 valence electrons. The number of carbonyl (C=O) groups is 3. The van der Waals surface area contributed by atoms with E-state index in [-0.39, 0.29) is 5.56 Å². The van der Waals surface area contributed by atoms with Gasteiger partial charge in [0.05, 0.1) is 13.0 Å². The highest BCUT2D eigenvalue weighted by atomic mass is 19.4. The summed E-state index contributed by atoms with van der Waals surface area (Å²) in [7, 11) is 1.44. The lowest BCUT2D eigenvalue weighted by Crippen LogP contribution is -2.40. The lowest BCUT2D eigenvalue weighted by molar-refractivity contribution is -0.157. The van der Waals surface area contributed by atoms with Gasteiger partial charge in [0.2, 0.25) is 11.8 Å². The summed E-state index contributed by atoms with van der Waals surface area (Å²) in [6.45, 7) is -1.84. The first-order valence-electron chi connectivity index (χ1n) is 7.62. The fourth-order valence-electron chi connectivity index (χ4n) is 2.66. The van der Waals surface area contributed by atoms with Gasteiger partial charge in [-0.25, -0.2) is 4.79 Å². The van der Waals surface area contributed by atoms with Crippen LogP contribution >= 0.6 is 0 Å². The zero-order chi connectivity index (χ0) is 19.5. The van der Waals surface area contributed by atoms with Crippen LogP contribution < -0.4 is 10.1 Å². The van der Waals surface area contributed by atoms with E-state index >= 15 is 0 Å². The van der Waals surface area contributed by atoms with Crippen molar-refractivity contribution in [2.45, 2.75) is 18.6 Å². The summed E-state index contributed by atoms with van der Waals surface area (Å²) < 4.78 is 42.2. The molecular weight excluding hydrogens is 357 g/mol. The summed E-state index contributed by atoms with van der Waals surface area (Å²) in [5.74, 6) is -3.46. The number of hydrogen-bond donors (Lipinski definition) is 2. The number of ether oxygens (including phenoxy) is 1. The Labute approximate surface area is 146 Å². The quantitative estimate of drug-likeness (QED) is 0.784. The van der Waals surface area contributed by atoms with Crippen LogP contribution in [-0.4, -0.2) is 54.2 Å². The van der Waals surface area contributed by atoms with E-state index < -0.39 is 55.4 Å². The molecular formula is C16H17F3N2O5. The van der Waals surface area contributed by atoms with Gasteiger partial charge in [0.1, 0.15) is 12.3 Å². The molecule has 2 atom stereocenters. The topological polar surface area (TPSA) is 95.9 Å². The number of halogens is 3. The van der Waals surface area contributed by atoms with Crippen LogP contribution in [-0.2, 0) is 14.4 Å². The normalized spacial score (nSPS) is 18.5. The van der Waals surface area contributed by atoms with Crippen molar-refractivity contribution >= 4 is 17.8 Å². The standard InChI is InChI=1S/C16H17F3N2O5/c1-26-11-4-2-9(3-5-11)13(15(24)25)20-14(23)10-6-12(22)21(7-10)8-16(17,18)19/h2-5,10,13H,6-8H2,1H3,(H,20,23)(H,24,25). The Morgan fingerprint density at radius 2 is 1.96 bits per heavy atom. The molecule has 0 radical (unpaired) electrons. The molecule has 7 nitrogen and oxygen atoms in total. The Kier molecular flexibility index (Phi) is 5.73. The number of benzene rings is 1. The number of carboxylic acids is 1. The number of rotatable bonds is 6. The maximum absolute atomic E-state index is 12.4. The van der Waals surface area contributed by atoms with Crippen LogP contribution in [0.25, 0.3) is 0 Å². The number of amides is 2. The van der Waals surface area contributed by atoms with E-state index in [1.54, 1.807) is 0 Å². The van der Waals surface area contributed by atoms with Gasteiger partial charge in [-0.2, -0.15) is 13.2 Å². The molecule has 1 aromatic rings. The second-order valence-corrected chi connectivity index (χ2v) is 5.84. The lowest BCUT2D eigenvalue weighted by atomic mass is 10.0. The van der Waals surface area contributed by atoms with Crippen molar-refractivity contribution in [2.24, 2.45) is 5.92 Å². The number of likely N-dealkylation sites (tertiary alicyclic amines) is 1.